The van der Waals surface area contributed by atoms with Crippen LogP contribution in [-0.4, -0.2) is 55.1 Å². The number of amides is 2. The number of benzene rings is 1. The van der Waals surface area contributed by atoms with Crippen LogP contribution in [0, 0.1) is 0 Å². The monoisotopic (exact) mass is 355 g/mol. The zero-order valence-electron chi connectivity index (χ0n) is 14.6. The normalized spacial score (nSPS) is 14.0. The molecule has 1 aliphatic rings. The van der Waals surface area contributed by atoms with Gasteiger partial charge in [0.05, 0.1) is 20.3 Å². The molecule has 0 spiro atoms. The number of rotatable bonds is 5. The molecular formula is C19H21N3O4. The van der Waals surface area contributed by atoms with Crippen molar-refractivity contribution in [1.29, 1.82) is 0 Å². The molecule has 0 aliphatic carbocycles. The van der Waals surface area contributed by atoms with Gasteiger partial charge in [-0.2, -0.15) is 0 Å². The molecule has 1 saturated heterocycles. The number of pyridine rings is 1. The Morgan fingerprint density at radius 3 is 2.77 bits per heavy atom. The lowest BCUT2D eigenvalue weighted by Crippen LogP contribution is -2.40. The summed E-state index contributed by atoms with van der Waals surface area (Å²) in [5.41, 5.74) is 1.52. The van der Waals surface area contributed by atoms with Crippen LogP contribution in [0.4, 0.5) is 0 Å². The molecule has 0 bridgehead atoms. The number of para-hydroxylation sites is 1. The molecule has 0 radical (unpaired) electrons. The Labute approximate surface area is 151 Å². The van der Waals surface area contributed by atoms with Gasteiger partial charge in [-0.05, 0) is 18.2 Å². The van der Waals surface area contributed by atoms with Gasteiger partial charge >= 0.3 is 0 Å². The molecule has 7 heteroatoms. The number of nitrogens with one attached hydrogen (secondary N) is 1. The molecule has 2 amide bonds. The number of carbonyl (C=O) groups is 2. The molecule has 0 atom stereocenters. The molecule has 7 nitrogen and oxygen atoms in total. The number of ether oxygens (including phenoxy) is 2. The highest BCUT2D eigenvalue weighted by atomic mass is 16.5. The topological polar surface area (TPSA) is 80.8 Å². The van der Waals surface area contributed by atoms with Crippen LogP contribution in [-0.2, 0) is 11.3 Å². The average molecular weight is 355 g/mol. The molecule has 26 heavy (non-hydrogen) atoms. The zero-order chi connectivity index (χ0) is 18.4. The molecule has 136 valence electrons. The number of carbonyl (C=O) groups excluding carboxylic acids is 2. The van der Waals surface area contributed by atoms with E-state index in [1.54, 1.807) is 18.1 Å². The highest BCUT2D eigenvalue weighted by Crippen LogP contribution is 2.17. The lowest BCUT2D eigenvalue weighted by atomic mass is 10.1. The summed E-state index contributed by atoms with van der Waals surface area (Å²) < 4.78 is 10.5. The second-order valence-corrected chi connectivity index (χ2v) is 5.83. The van der Waals surface area contributed by atoms with E-state index in [0.29, 0.717) is 44.2 Å². The lowest BCUT2D eigenvalue weighted by molar-refractivity contribution is 0.0303. The Balaban J connectivity index is 1.67. The number of morpholine rings is 1. The summed E-state index contributed by atoms with van der Waals surface area (Å²) in [5.74, 6) is 0.249. The van der Waals surface area contributed by atoms with Crippen LogP contribution in [0.3, 0.4) is 0 Å². The second-order valence-electron chi connectivity index (χ2n) is 5.83. The Hall–Kier alpha value is -2.93. The summed E-state index contributed by atoms with van der Waals surface area (Å²) in [5, 5.41) is 2.81. The Morgan fingerprint density at radius 2 is 2.00 bits per heavy atom. The van der Waals surface area contributed by atoms with E-state index in [-0.39, 0.29) is 17.5 Å². The summed E-state index contributed by atoms with van der Waals surface area (Å²) in [6.45, 7) is 2.48. The van der Waals surface area contributed by atoms with Crippen LogP contribution in [0.2, 0.25) is 0 Å². The number of nitrogens with zero attached hydrogens (tertiary/aromatic N) is 2. The number of hydrogen-bond donors (Lipinski definition) is 1. The van der Waals surface area contributed by atoms with E-state index in [4.69, 9.17) is 9.47 Å². The number of aromatic nitrogens is 1. The van der Waals surface area contributed by atoms with Crippen molar-refractivity contribution in [2.24, 2.45) is 0 Å². The van der Waals surface area contributed by atoms with Gasteiger partial charge in [-0.15, -0.1) is 0 Å². The van der Waals surface area contributed by atoms with Crippen molar-refractivity contribution in [3.8, 4) is 5.75 Å². The van der Waals surface area contributed by atoms with Gasteiger partial charge in [0.2, 0.25) is 0 Å². The van der Waals surface area contributed by atoms with Crippen LogP contribution >= 0.6 is 0 Å². The summed E-state index contributed by atoms with van der Waals surface area (Å²) in [6, 6.07) is 10.6. The maximum absolute atomic E-state index is 12.5. The summed E-state index contributed by atoms with van der Waals surface area (Å²) in [6.07, 6.45) is 1.48. The van der Waals surface area contributed by atoms with Gasteiger partial charge in [-0.3, -0.25) is 14.6 Å². The SMILES string of the molecule is COc1ccccc1CNC(=O)c1cc(C(=O)N2CCOCC2)ccn1. The largest absolute Gasteiger partial charge is 0.496 e. The van der Waals surface area contributed by atoms with Crippen LogP contribution in [0.1, 0.15) is 26.4 Å². The predicted molar refractivity (Wildman–Crippen MR) is 95.1 cm³/mol. The minimum absolute atomic E-state index is 0.116. The van der Waals surface area contributed by atoms with Crippen molar-refractivity contribution in [3.05, 3.63) is 59.4 Å². The Bertz CT molecular complexity index is 788. The van der Waals surface area contributed by atoms with Crippen molar-refractivity contribution in [3.63, 3.8) is 0 Å². The number of methoxy groups -OCH3 is 1. The fourth-order valence-electron chi connectivity index (χ4n) is 2.75. The smallest absolute Gasteiger partial charge is 0.270 e. The second kappa shape index (κ2) is 8.44. The standard InChI is InChI=1S/C19H21N3O4/c1-25-17-5-3-2-4-15(17)13-21-18(23)16-12-14(6-7-20-16)19(24)22-8-10-26-11-9-22/h2-7,12H,8-11,13H2,1H3,(H,21,23). The Kier molecular flexibility index (Phi) is 5.80. The molecule has 1 fully saturated rings. The van der Waals surface area contributed by atoms with E-state index in [1.165, 1.54) is 12.3 Å². The third-order valence-electron chi connectivity index (χ3n) is 4.17. The minimum Gasteiger partial charge on any atom is -0.496 e. The van der Waals surface area contributed by atoms with Crippen LogP contribution in [0.5, 0.6) is 5.75 Å². The van der Waals surface area contributed by atoms with Gasteiger partial charge in [0.15, 0.2) is 0 Å². The summed E-state index contributed by atoms with van der Waals surface area (Å²) in [7, 11) is 1.59. The van der Waals surface area contributed by atoms with E-state index < -0.39 is 0 Å². The molecule has 2 aromatic rings. The van der Waals surface area contributed by atoms with E-state index in [9.17, 15) is 9.59 Å². The summed E-state index contributed by atoms with van der Waals surface area (Å²) in [4.78, 5) is 30.7. The highest BCUT2D eigenvalue weighted by molar-refractivity contribution is 5.98. The molecule has 1 aliphatic heterocycles. The molecular weight excluding hydrogens is 334 g/mol. The van der Waals surface area contributed by atoms with Gasteiger partial charge in [0.1, 0.15) is 11.4 Å². The predicted octanol–water partition coefficient (Wildman–Crippen LogP) is 1.49. The first-order chi connectivity index (χ1) is 12.7. The molecule has 0 saturated carbocycles. The molecule has 2 heterocycles. The first kappa shape index (κ1) is 17.9. The van der Waals surface area contributed by atoms with Gasteiger partial charge in [-0.1, -0.05) is 18.2 Å². The molecule has 3 rings (SSSR count). The first-order valence-electron chi connectivity index (χ1n) is 8.42. The van der Waals surface area contributed by atoms with E-state index >= 15 is 0 Å². The maximum Gasteiger partial charge on any atom is 0.270 e. The first-order valence-corrected chi connectivity index (χ1v) is 8.42. The van der Waals surface area contributed by atoms with Gasteiger partial charge in [0, 0.05) is 37.0 Å². The Morgan fingerprint density at radius 1 is 1.23 bits per heavy atom. The van der Waals surface area contributed by atoms with Crippen molar-refractivity contribution in [2.75, 3.05) is 33.4 Å². The van der Waals surface area contributed by atoms with Crippen LogP contribution in [0.25, 0.3) is 0 Å². The average Bonchev–Trinajstić information content (AvgIpc) is 2.72. The molecule has 1 aromatic heterocycles. The number of hydrogen-bond acceptors (Lipinski definition) is 5. The van der Waals surface area contributed by atoms with Crippen molar-refractivity contribution in [2.45, 2.75) is 6.54 Å². The van der Waals surface area contributed by atoms with Gasteiger partial charge < -0.3 is 19.7 Å². The lowest BCUT2D eigenvalue weighted by Gasteiger charge is -2.26. The van der Waals surface area contributed by atoms with Crippen LogP contribution in [0.15, 0.2) is 42.6 Å². The van der Waals surface area contributed by atoms with Crippen molar-refractivity contribution in [1.82, 2.24) is 15.2 Å². The fourth-order valence-corrected chi connectivity index (χ4v) is 2.75. The maximum atomic E-state index is 12.5. The zero-order valence-corrected chi connectivity index (χ0v) is 14.6. The fraction of sp³-hybridized carbons (Fsp3) is 0.316. The van der Waals surface area contributed by atoms with Gasteiger partial charge in [-0.25, -0.2) is 0 Å². The third kappa shape index (κ3) is 4.18. The van der Waals surface area contributed by atoms with Crippen LogP contribution < -0.4 is 10.1 Å². The van der Waals surface area contributed by atoms with Crippen molar-refractivity contribution < 1.29 is 19.1 Å². The molecule has 1 N–H and O–H groups in total. The third-order valence-corrected chi connectivity index (χ3v) is 4.17. The van der Waals surface area contributed by atoms with Gasteiger partial charge in [0.25, 0.3) is 11.8 Å². The van der Waals surface area contributed by atoms with Crippen molar-refractivity contribution >= 4 is 11.8 Å². The summed E-state index contributed by atoms with van der Waals surface area (Å²) >= 11 is 0. The van der Waals surface area contributed by atoms with E-state index in [0.717, 1.165) is 5.56 Å². The van der Waals surface area contributed by atoms with E-state index in [1.807, 2.05) is 24.3 Å². The molecule has 1 aromatic carbocycles. The molecule has 0 unspecified atom stereocenters. The highest BCUT2D eigenvalue weighted by Gasteiger charge is 2.20. The van der Waals surface area contributed by atoms with E-state index in [2.05, 4.69) is 10.3 Å². The minimum atomic E-state index is -0.340. The quantitative estimate of drug-likeness (QED) is 0.879.